The van der Waals surface area contributed by atoms with Crippen molar-refractivity contribution in [1.82, 2.24) is 10.2 Å². The molecule has 0 bridgehead atoms. The molecule has 0 amide bonds. The molecule has 128 valence electrons. The molecule has 0 aliphatic heterocycles. The van der Waals surface area contributed by atoms with Gasteiger partial charge in [-0.25, -0.2) is 4.79 Å². The number of aromatic nitrogens is 2. The van der Waals surface area contributed by atoms with E-state index in [0.717, 1.165) is 11.3 Å². The van der Waals surface area contributed by atoms with E-state index < -0.39 is 5.97 Å². The van der Waals surface area contributed by atoms with E-state index in [-0.39, 0.29) is 0 Å². The van der Waals surface area contributed by atoms with Gasteiger partial charge in [0.25, 0.3) is 0 Å². The van der Waals surface area contributed by atoms with E-state index in [1.54, 1.807) is 43.5 Å². The molecular formula is C18H15Cl2N3O2. The van der Waals surface area contributed by atoms with Crippen LogP contribution in [0.25, 0.3) is 11.3 Å². The average Bonchev–Trinajstić information content (AvgIpc) is 3.13. The van der Waals surface area contributed by atoms with Gasteiger partial charge in [0.2, 0.25) is 0 Å². The van der Waals surface area contributed by atoms with Crippen molar-refractivity contribution in [3.8, 4) is 11.3 Å². The summed E-state index contributed by atoms with van der Waals surface area (Å²) in [5.41, 5.74) is 3.02. The molecule has 0 unspecified atom stereocenters. The molecule has 0 saturated heterocycles. The van der Waals surface area contributed by atoms with E-state index in [1.165, 1.54) is 0 Å². The Morgan fingerprint density at radius 3 is 2.56 bits per heavy atom. The maximum absolute atomic E-state index is 12.1. The van der Waals surface area contributed by atoms with Gasteiger partial charge in [-0.1, -0.05) is 35.3 Å². The second kappa shape index (κ2) is 7.59. The first kappa shape index (κ1) is 17.3. The Bertz CT molecular complexity index is 872. The van der Waals surface area contributed by atoms with Crippen molar-refractivity contribution in [2.75, 3.05) is 11.9 Å². The van der Waals surface area contributed by atoms with Crippen LogP contribution < -0.4 is 5.32 Å². The smallest absolute Gasteiger partial charge is 0.340 e. The summed E-state index contributed by atoms with van der Waals surface area (Å²) in [5, 5.41) is 10.8. The molecule has 2 N–H and O–H groups in total. The highest BCUT2D eigenvalue weighted by Crippen LogP contribution is 2.37. The molecule has 0 aliphatic rings. The molecule has 25 heavy (non-hydrogen) atoms. The highest BCUT2D eigenvalue weighted by molar-refractivity contribution is 6.39. The fourth-order valence-corrected chi connectivity index (χ4v) is 2.96. The molecule has 0 fully saturated rings. The van der Waals surface area contributed by atoms with E-state index in [4.69, 9.17) is 27.9 Å². The summed E-state index contributed by atoms with van der Waals surface area (Å²) < 4.78 is 5.08. The lowest BCUT2D eigenvalue weighted by Crippen LogP contribution is -2.08. The molecule has 1 aromatic heterocycles. The van der Waals surface area contributed by atoms with E-state index in [2.05, 4.69) is 15.5 Å². The standard InChI is InChI=1S/C18H15Cl2N3O2/c1-2-25-18(24)12-5-3-4-6-16(12)22-17-13(19)9-11(10-14(17)20)15-7-8-21-23-15/h3-10,22H,2H2,1H3,(H,21,23). The van der Waals surface area contributed by atoms with E-state index >= 15 is 0 Å². The molecule has 1 heterocycles. The number of aromatic amines is 1. The van der Waals surface area contributed by atoms with Gasteiger partial charge >= 0.3 is 5.97 Å². The minimum Gasteiger partial charge on any atom is -0.462 e. The zero-order valence-electron chi connectivity index (χ0n) is 13.3. The molecule has 3 rings (SSSR count). The van der Waals surface area contributed by atoms with Crippen LogP contribution in [0.5, 0.6) is 0 Å². The molecule has 3 aromatic rings. The fraction of sp³-hybridized carbons (Fsp3) is 0.111. The molecule has 0 spiro atoms. The number of H-pyrrole nitrogens is 1. The second-order valence-electron chi connectivity index (χ2n) is 5.17. The predicted octanol–water partition coefficient (Wildman–Crippen LogP) is 5.30. The molecular weight excluding hydrogens is 361 g/mol. The number of rotatable bonds is 5. The number of anilines is 2. The van der Waals surface area contributed by atoms with Crippen LogP contribution in [0.1, 0.15) is 17.3 Å². The topological polar surface area (TPSA) is 67.0 Å². The fourth-order valence-electron chi connectivity index (χ4n) is 2.38. The van der Waals surface area contributed by atoms with Crippen LogP contribution in [0.3, 0.4) is 0 Å². The van der Waals surface area contributed by atoms with Crippen LogP contribution in [-0.4, -0.2) is 22.8 Å². The van der Waals surface area contributed by atoms with Crippen LogP contribution in [0.15, 0.2) is 48.7 Å². The summed E-state index contributed by atoms with van der Waals surface area (Å²) in [6.07, 6.45) is 1.72. The molecule has 0 aliphatic carbocycles. The maximum Gasteiger partial charge on any atom is 0.340 e. The van der Waals surface area contributed by atoms with Crippen LogP contribution in [-0.2, 0) is 4.74 Å². The molecule has 0 saturated carbocycles. The van der Waals surface area contributed by atoms with E-state index in [1.807, 2.05) is 12.1 Å². The van der Waals surface area contributed by atoms with Gasteiger partial charge in [0.15, 0.2) is 0 Å². The average molecular weight is 376 g/mol. The van der Waals surface area contributed by atoms with E-state index in [9.17, 15) is 4.79 Å². The van der Waals surface area contributed by atoms with E-state index in [0.29, 0.717) is 33.6 Å². The van der Waals surface area contributed by atoms with Gasteiger partial charge in [0.1, 0.15) is 0 Å². The zero-order chi connectivity index (χ0) is 17.8. The summed E-state index contributed by atoms with van der Waals surface area (Å²) in [5.74, 6) is -0.411. The first-order valence-corrected chi connectivity index (χ1v) is 8.38. The number of benzene rings is 2. The number of para-hydroxylation sites is 1. The summed E-state index contributed by atoms with van der Waals surface area (Å²) in [6, 6.07) is 12.4. The number of ether oxygens (including phenoxy) is 1. The third-order valence-electron chi connectivity index (χ3n) is 3.52. The van der Waals surface area contributed by atoms with Crippen LogP contribution in [0.4, 0.5) is 11.4 Å². The van der Waals surface area contributed by atoms with Gasteiger partial charge in [-0.3, -0.25) is 5.10 Å². The monoisotopic (exact) mass is 375 g/mol. The first-order valence-electron chi connectivity index (χ1n) is 7.62. The SMILES string of the molecule is CCOC(=O)c1ccccc1Nc1c(Cl)cc(-c2cc[nH]n2)cc1Cl. The van der Waals surface area contributed by atoms with Crippen molar-refractivity contribution in [3.63, 3.8) is 0 Å². The van der Waals surface area contributed by atoms with Crippen molar-refractivity contribution in [1.29, 1.82) is 0 Å². The van der Waals surface area contributed by atoms with Gasteiger partial charge < -0.3 is 10.1 Å². The second-order valence-corrected chi connectivity index (χ2v) is 5.98. The van der Waals surface area contributed by atoms with Crippen LogP contribution >= 0.6 is 23.2 Å². The molecule has 0 radical (unpaired) electrons. The predicted molar refractivity (Wildman–Crippen MR) is 99.7 cm³/mol. The number of hydrogen-bond donors (Lipinski definition) is 2. The highest BCUT2D eigenvalue weighted by atomic mass is 35.5. The van der Waals surface area contributed by atoms with Crippen LogP contribution in [0, 0.1) is 0 Å². The maximum atomic E-state index is 12.1. The summed E-state index contributed by atoms with van der Waals surface area (Å²) in [4.78, 5) is 12.1. The van der Waals surface area contributed by atoms with Crippen molar-refractivity contribution < 1.29 is 9.53 Å². The third-order valence-corrected chi connectivity index (χ3v) is 4.12. The molecule has 2 aromatic carbocycles. The number of halogens is 2. The third kappa shape index (κ3) is 3.78. The Balaban J connectivity index is 1.95. The summed E-state index contributed by atoms with van der Waals surface area (Å²) in [6.45, 7) is 2.06. The Labute approximate surface area is 154 Å². The largest absolute Gasteiger partial charge is 0.462 e. The quantitative estimate of drug-likeness (QED) is 0.593. The number of hydrogen-bond acceptors (Lipinski definition) is 4. The van der Waals surface area contributed by atoms with Crippen molar-refractivity contribution in [3.05, 3.63) is 64.3 Å². The molecule has 5 nitrogen and oxygen atoms in total. The van der Waals surface area contributed by atoms with Crippen LogP contribution in [0.2, 0.25) is 10.0 Å². The van der Waals surface area contributed by atoms with Gasteiger partial charge in [0.05, 0.1) is 39.3 Å². The lowest BCUT2D eigenvalue weighted by molar-refractivity contribution is 0.0527. The van der Waals surface area contributed by atoms with Crippen molar-refractivity contribution in [2.24, 2.45) is 0 Å². The Kier molecular flexibility index (Phi) is 5.26. The van der Waals surface area contributed by atoms with Gasteiger partial charge in [0, 0.05) is 11.8 Å². The normalized spacial score (nSPS) is 10.5. The highest BCUT2D eigenvalue weighted by Gasteiger charge is 2.16. The lowest BCUT2D eigenvalue weighted by atomic mass is 10.1. The molecule has 7 heteroatoms. The summed E-state index contributed by atoms with van der Waals surface area (Å²) >= 11 is 12.8. The number of nitrogens with one attached hydrogen (secondary N) is 2. The Morgan fingerprint density at radius 1 is 1.20 bits per heavy atom. The number of esters is 1. The lowest BCUT2D eigenvalue weighted by Gasteiger charge is -2.14. The van der Waals surface area contributed by atoms with Gasteiger partial charge in [-0.15, -0.1) is 0 Å². The Morgan fingerprint density at radius 2 is 1.92 bits per heavy atom. The summed E-state index contributed by atoms with van der Waals surface area (Å²) in [7, 11) is 0. The number of carbonyl (C=O) groups excluding carboxylic acids is 1. The van der Waals surface area contributed by atoms with Gasteiger partial charge in [-0.2, -0.15) is 5.10 Å². The van der Waals surface area contributed by atoms with Crippen molar-refractivity contribution >= 4 is 40.5 Å². The zero-order valence-corrected chi connectivity index (χ0v) is 14.9. The van der Waals surface area contributed by atoms with Gasteiger partial charge in [-0.05, 0) is 37.3 Å². The first-order chi connectivity index (χ1) is 12.1. The minimum atomic E-state index is -0.411. The Hall–Kier alpha value is -2.50. The number of nitrogens with zero attached hydrogens (tertiary/aromatic N) is 1. The number of carbonyl (C=O) groups is 1. The molecule has 0 atom stereocenters. The minimum absolute atomic E-state index is 0.299. The van der Waals surface area contributed by atoms with Crippen molar-refractivity contribution in [2.45, 2.75) is 6.92 Å².